The Kier molecular flexibility index (Phi) is 4.29. The highest BCUT2D eigenvalue weighted by molar-refractivity contribution is 8.18. The van der Waals surface area contributed by atoms with E-state index in [1.807, 2.05) is 13.8 Å². The van der Waals surface area contributed by atoms with Crippen LogP contribution in [-0.4, -0.2) is 28.2 Å². The maximum absolute atomic E-state index is 11.3. The fourth-order valence-electron chi connectivity index (χ4n) is 0.912. The number of thioether (sulfide) groups is 2. The molecule has 0 N–H and O–H groups in total. The summed E-state index contributed by atoms with van der Waals surface area (Å²) in [5, 5.41) is 0. The molecule has 0 aromatic carbocycles. The maximum atomic E-state index is 11.3. The predicted octanol–water partition coefficient (Wildman–Crippen LogP) is 2.13. The quantitative estimate of drug-likeness (QED) is 0.647. The first-order chi connectivity index (χ1) is 5.70. The van der Waals surface area contributed by atoms with Crippen LogP contribution in [0.15, 0.2) is 0 Å². The van der Waals surface area contributed by atoms with E-state index < -0.39 is 0 Å². The van der Waals surface area contributed by atoms with Crippen molar-refractivity contribution in [3.05, 3.63) is 0 Å². The fourth-order valence-corrected chi connectivity index (χ4v) is 3.49. The molecule has 0 radical (unpaired) electrons. The Hall–Kier alpha value is 0.170. The van der Waals surface area contributed by atoms with Crippen LogP contribution in [0.1, 0.15) is 20.3 Å². The lowest BCUT2D eigenvalue weighted by atomic mass is 10.5. The minimum atomic E-state index is -0.0558. The summed E-state index contributed by atoms with van der Waals surface area (Å²) in [4.78, 5) is 11.3. The third-order valence-electron chi connectivity index (χ3n) is 1.37. The van der Waals surface area contributed by atoms with E-state index in [4.69, 9.17) is 4.74 Å². The van der Waals surface area contributed by atoms with Crippen LogP contribution >= 0.6 is 23.5 Å². The van der Waals surface area contributed by atoms with Crippen molar-refractivity contribution in [1.82, 2.24) is 0 Å². The number of esters is 1. The number of carbonyl (C=O) groups is 1. The van der Waals surface area contributed by atoms with Crippen LogP contribution < -0.4 is 0 Å². The van der Waals surface area contributed by atoms with Gasteiger partial charge in [-0.2, -0.15) is 0 Å². The molecule has 1 fully saturated rings. The molecule has 1 saturated heterocycles. The van der Waals surface area contributed by atoms with Crippen LogP contribution in [-0.2, 0) is 9.53 Å². The molecule has 1 rings (SSSR count). The summed E-state index contributed by atoms with van der Waals surface area (Å²) < 4.78 is 5.14. The van der Waals surface area contributed by atoms with Crippen LogP contribution in [0, 0.1) is 0 Å². The van der Waals surface area contributed by atoms with Crippen LogP contribution in [0.4, 0.5) is 0 Å². The van der Waals surface area contributed by atoms with Crippen LogP contribution in [0.3, 0.4) is 0 Å². The van der Waals surface area contributed by atoms with Crippen LogP contribution in [0.2, 0.25) is 0 Å². The molecule has 0 saturated carbocycles. The minimum Gasteiger partial charge on any atom is -0.462 e. The zero-order valence-electron chi connectivity index (χ0n) is 7.41. The van der Waals surface area contributed by atoms with Crippen molar-refractivity contribution in [1.29, 1.82) is 0 Å². The van der Waals surface area contributed by atoms with Crippen molar-refractivity contribution in [3.8, 4) is 0 Å². The molecule has 4 heteroatoms. The zero-order chi connectivity index (χ0) is 8.97. The third kappa shape index (κ3) is 3.27. The van der Waals surface area contributed by atoms with Gasteiger partial charge in [-0.1, -0.05) is 0 Å². The summed E-state index contributed by atoms with van der Waals surface area (Å²) in [7, 11) is 0. The van der Waals surface area contributed by atoms with Gasteiger partial charge in [-0.25, -0.2) is 4.79 Å². The molecule has 0 unspecified atom stereocenters. The lowest BCUT2D eigenvalue weighted by Gasteiger charge is -2.20. The van der Waals surface area contributed by atoms with E-state index in [0.29, 0.717) is 0 Å². The Morgan fingerprint density at radius 2 is 2.00 bits per heavy atom. The number of hydrogen-bond donors (Lipinski definition) is 0. The molecule has 12 heavy (non-hydrogen) atoms. The molecular weight excluding hydrogens is 192 g/mol. The standard InChI is InChI=1S/C8H14O2S2/c1-6(2)10-7(9)8-11-4-3-5-12-8/h6,8H,3-5H2,1-2H3. The predicted molar refractivity (Wildman–Crippen MR) is 54.5 cm³/mol. The number of hydrogen-bond acceptors (Lipinski definition) is 4. The Bertz CT molecular complexity index is 153. The van der Waals surface area contributed by atoms with Gasteiger partial charge < -0.3 is 4.74 Å². The largest absolute Gasteiger partial charge is 0.462 e. The van der Waals surface area contributed by atoms with Crippen molar-refractivity contribution < 1.29 is 9.53 Å². The normalized spacial score (nSPS) is 19.6. The van der Waals surface area contributed by atoms with E-state index in [0.717, 1.165) is 11.5 Å². The fraction of sp³-hybridized carbons (Fsp3) is 0.875. The second kappa shape index (κ2) is 5.02. The van der Waals surface area contributed by atoms with Gasteiger partial charge in [0.25, 0.3) is 0 Å². The van der Waals surface area contributed by atoms with Crippen molar-refractivity contribution in [2.24, 2.45) is 0 Å². The molecule has 0 amide bonds. The van der Waals surface area contributed by atoms with Gasteiger partial charge in [0.2, 0.25) is 0 Å². The number of ether oxygens (including phenoxy) is 1. The molecule has 2 nitrogen and oxygen atoms in total. The number of carbonyl (C=O) groups excluding carboxylic acids is 1. The van der Waals surface area contributed by atoms with Gasteiger partial charge in [-0.15, -0.1) is 23.5 Å². The summed E-state index contributed by atoms with van der Waals surface area (Å²) in [5.74, 6) is 2.12. The molecule has 1 aliphatic heterocycles. The highest BCUT2D eigenvalue weighted by Crippen LogP contribution is 2.31. The highest BCUT2D eigenvalue weighted by atomic mass is 32.2. The highest BCUT2D eigenvalue weighted by Gasteiger charge is 2.24. The third-order valence-corrected chi connectivity index (χ3v) is 4.23. The van der Waals surface area contributed by atoms with Gasteiger partial charge in [0.05, 0.1) is 6.10 Å². The van der Waals surface area contributed by atoms with Crippen molar-refractivity contribution >= 4 is 29.5 Å². The molecule has 1 aliphatic rings. The zero-order valence-corrected chi connectivity index (χ0v) is 9.04. The lowest BCUT2D eigenvalue weighted by molar-refractivity contribution is -0.144. The van der Waals surface area contributed by atoms with Crippen LogP contribution in [0.5, 0.6) is 0 Å². The van der Waals surface area contributed by atoms with Crippen molar-refractivity contribution in [3.63, 3.8) is 0 Å². The molecule has 1 heterocycles. The second-order valence-corrected chi connectivity index (χ2v) is 5.64. The Labute approximate surface area is 81.8 Å². The molecule has 0 aromatic heterocycles. The van der Waals surface area contributed by atoms with Gasteiger partial charge in [0.15, 0.2) is 0 Å². The van der Waals surface area contributed by atoms with Gasteiger partial charge >= 0.3 is 5.97 Å². The Morgan fingerprint density at radius 3 is 2.50 bits per heavy atom. The first kappa shape index (κ1) is 10.3. The van der Waals surface area contributed by atoms with Crippen LogP contribution in [0.25, 0.3) is 0 Å². The average molecular weight is 206 g/mol. The molecule has 70 valence electrons. The summed E-state index contributed by atoms with van der Waals surface area (Å²) >= 11 is 3.40. The summed E-state index contributed by atoms with van der Waals surface area (Å²) in [5.41, 5.74) is 0. The first-order valence-corrected chi connectivity index (χ1v) is 6.23. The average Bonchev–Trinajstić information content (AvgIpc) is 2.05. The van der Waals surface area contributed by atoms with Gasteiger partial charge in [-0.05, 0) is 31.8 Å². The SMILES string of the molecule is CC(C)OC(=O)C1SCCCS1. The second-order valence-electron chi connectivity index (χ2n) is 2.91. The Morgan fingerprint density at radius 1 is 1.42 bits per heavy atom. The molecule has 0 aliphatic carbocycles. The summed E-state index contributed by atoms with van der Waals surface area (Å²) in [6.45, 7) is 3.77. The minimum absolute atomic E-state index is 0.0145. The monoisotopic (exact) mass is 206 g/mol. The van der Waals surface area contributed by atoms with E-state index in [1.54, 1.807) is 23.5 Å². The van der Waals surface area contributed by atoms with Crippen molar-refractivity contribution in [2.45, 2.75) is 31.0 Å². The number of rotatable bonds is 2. The van der Waals surface area contributed by atoms with Crippen molar-refractivity contribution in [2.75, 3.05) is 11.5 Å². The van der Waals surface area contributed by atoms with E-state index in [1.165, 1.54) is 6.42 Å². The Balaban J connectivity index is 2.30. The van der Waals surface area contributed by atoms with Gasteiger partial charge in [-0.3, -0.25) is 0 Å². The molecular formula is C8H14O2S2. The lowest BCUT2D eigenvalue weighted by Crippen LogP contribution is -2.23. The maximum Gasteiger partial charge on any atom is 0.329 e. The molecule has 0 spiro atoms. The van der Waals surface area contributed by atoms with E-state index >= 15 is 0 Å². The summed E-state index contributed by atoms with van der Waals surface area (Å²) in [6.07, 6.45) is 1.22. The smallest absolute Gasteiger partial charge is 0.329 e. The molecule has 0 atom stereocenters. The topological polar surface area (TPSA) is 26.3 Å². The van der Waals surface area contributed by atoms with Gasteiger partial charge in [0.1, 0.15) is 4.58 Å². The first-order valence-electron chi connectivity index (χ1n) is 4.14. The van der Waals surface area contributed by atoms with Gasteiger partial charge in [0, 0.05) is 0 Å². The van der Waals surface area contributed by atoms with E-state index in [-0.39, 0.29) is 16.7 Å². The van der Waals surface area contributed by atoms with E-state index in [2.05, 4.69) is 0 Å². The summed E-state index contributed by atoms with van der Waals surface area (Å²) in [6, 6.07) is 0. The molecule has 0 aromatic rings. The van der Waals surface area contributed by atoms with E-state index in [9.17, 15) is 4.79 Å². The molecule has 0 bridgehead atoms.